The maximum Gasteiger partial charge on any atom is 0.169 e. The van der Waals surface area contributed by atoms with E-state index in [1.807, 2.05) is 42.5 Å². The van der Waals surface area contributed by atoms with Gasteiger partial charge in [-0.05, 0) is 47.6 Å². The number of thiocarbonyl (C=S) groups is 1. The fourth-order valence-electron chi connectivity index (χ4n) is 2.55. The van der Waals surface area contributed by atoms with Gasteiger partial charge in [0.2, 0.25) is 0 Å². The molecule has 0 fully saturated rings. The van der Waals surface area contributed by atoms with E-state index in [1.54, 1.807) is 12.3 Å². The molecule has 134 valence electrons. The Balaban J connectivity index is 1.73. The molecule has 0 radical (unpaired) electrons. The van der Waals surface area contributed by atoms with Gasteiger partial charge in [0.25, 0.3) is 0 Å². The number of nitrogens with zero attached hydrogens (tertiary/aromatic N) is 1. The maximum absolute atomic E-state index is 6.15. The van der Waals surface area contributed by atoms with Gasteiger partial charge in [0.1, 0.15) is 5.76 Å². The number of furan rings is 1. The molecule has 0 bridgehead atoms. The van der Waals surface area contributed by atoms with E-state index < -0.39 is 0 Å². The number of benzene rings is 2. The van der Waals surface area contributed by atoms with Gasteiger partial charge in [0.15, 0.2) is 5.11 Å². The Morgan fingerprint density at radius 2 is 1.69 bits per heavy atom. The highest BCUT2D eigenvalue weighted by molar-refractivity contribution is 7.80. The Hall–Kier alpha value is -2.01. The van der Waals surface area contributed by atoms with Gasteiger partial charge < -0.3 is 14.6 Å². The summed E-state index contributed by atoms with van der Waals surface area (Å²) in [5, 5.41) is 4.99. The normalized spacial score (nSPS) is 10.5. The van der Waals surface area contributed by atoms with E-state index in [0.717, 1.165) is 11.3 Å². The van der Waals surface area contributed by atoms with Crippen molar-refractivity contribution in [2.24, 2.45) is 0 Å². The first kappa shape index (κ1) is 18.8. The Bertz CT molecular complexity index is 854. The monoisotopic (exact) mass is 404 g/mol. The summed E-state index contributed by atoms with van der Waals surface area (Å²) in [5.41, 5.74) is 2.21. The van der Waals surface area contributed by atoms with Gasteiger partial charge in [-0.1, -0.05) is 59.6 Å². The summed E-state index contributed by atoms with van der Waals surface area (Å²) in [4.78, 5) is 2.09. The van der Waals surface area contributed by atoms with E-state index in [-0.39, 0.29) is 0 Å². The number of rotatable bonds is 6. The zero-order valence-corrected chi connectivity index (χ0v) is 16.3. The van der Waals surface area contributed by atoms with Crippen molar-refractivity contribution in [1.82, 2.24) is 10.2 Å². The van der Waals surface area contributed by atoms with Gasteiger partial charge in [0.05, 0.1) is 22.9 Å². The highest BCUT2D eigenvalue weighted by atomic mass is 35.5. The Labute approximate surface area is 168 Å². The van der Waals surface area contributed by atoms with Crippen molar-refractivity contribution in [2.75, 3.05) is 0 Å². The molecule has 3 rings (SSSR count). The van der Waals surface area contributed by atoms with Crippen molar-refractivity contribution in [3.8, 4) is 0 Å². The van der Waals surface area contributed by atoms with Crippen LogP contribution >= 0.6 is 35.4 Å². The smallest absolute Gasteiger partial charge is 0.169 e. The summed E-state index contributed by atoms with van der Waals surface area (Å²) in [7, 11) is 0. The van der Waals surface area contributed by atoms with Crippen molar-refractivity contribution < 1.29 is 4.42 Å². The van der Waals surface area contributed by atoms with Gasteiger partial charge in [0, 0.05) is 13.1 Å². The molecule has 0 saturated heterocycles. The topological polar surface area (TPSA) is 28.4 Å². The summed E-state index contributed by atoms with van der Waals surface area (Å²) < 4.78 is 5.36. The highest BCUT2D eigenvalue weighted by Gasteiger charge is 2.12. The van der Waals surface area contributed by atoms with Crippen LogP contribution in [0.2, 0.25) is 10.0 Å². The van der Waals surface area contributed by atoms with Crippen LogP contribution in [0.3, 0.4) is 0 Å². The van der Waals surface area contributed by atoms with Crippen molar-refractivity contribution >= 4 is 40.5 Å². The fourth-order valence-corrected chi connectivity index (χ4v) is 3.07. The van der Waals surface area contributed by atoms with E-state index in [0.29, 0.717) is 34.8 Å². The maximum atomic E-state index is 6.15. The second-order valence-electron chi connectivity index (χ2n) is 5.83. The molecular formula is C20H18Cl2N2OS. The lowest BCUT2D eigenvalue weighted by Crippen LogP contribution is -2.38. The zero-order chi connectivity index (χ0) is 18.4. The second-order valence-corrected chi connectivity index (χ2v) is 7.03. The average Bonchev–Trinajstić information content (AvgIpc) is 3.17. The third kappa shape index (κ3) is 5.24. The van der Waals surface area contributed by atoms with E-state index in [4.69, 9.17) is 39.8 Å². The summed E-state index contributed by atoms with van der Waals surface area (Å²) in [6, 6.07) is 19.6. The van der Waals surface area contributed by atoms with Crippen LogP contribution in [0.5, 0.6) is 0 Å². The SMILES string of the molecule is S=C(NCc1ccco1)N(Cc1ccccc1)Cc1ccc(Cl)c(Cl)c1. The molecule has 0 saturated carbocycles. The van der Waals surface area contributed by atoms with E-state index >= 15 is 0 Å². The van der Waals surface area contributed by atoms with E-state index in [1.165, 1.54) is 5.56 Å². The first-order valence-corrected chi connectivity index (χ1v) is 9.31. The van der Waals surface area contributed by atoms with Crippen LogP contribution in [0, 0.1) is 0 Å². The molecular weight excluding hydrogens is 387 g/mol. The molecule has 1 heterocycles. The number of nitrogens with one attached hydrogen (secondary N) is 1. The molecule has 3 aromatic rings. The lowest BCUT2D eigenvalue weighted by Gasteiger charge is -2.26. The summed E-state index contributed by atoms with van der Waals surface area (Å²) >= 11 is 17.8. The minimum atomic E-state index is 0.540. The van der Waals surface area contributed by atoms with Crippen LogP contribution < -0.4 is 5.32 Å². The first-order chi connectivity index (χ1) is 12.6. The third-order valence-corrected chi connectivity index (χ3v) is 5.00. The average molecular weight is 405 g/mol. The van der Waals surface area contributed by atoms with Crippen LogP contribution in [0.1, 0.15) is 16.9 Å². The predicted octanol–water partition coefficient (Wildman–Crippen LogP) is 5.66. The van der Waals surface area contributed by atoms with E-state index in [9.17, 15) is 0 Å². The van der Waals surface area contributed by atoms with Crippen LogP contribution in [0.4, 0.5) is 0 Å². The number of hydrogen-bond acceptors (Lipinski definition) is 2. The standard InChI is InChI=1S/C20H18Cl2N2OS/c21-18-9-8-16(11-19(18)22)14-24(13-15-5-2-1-3-6-15)20(26)23-12-17-7-4-10-25-17/h1-11H,12-14H2,(H,23,26). The van der Waals surface area contributed by atoms with Crippen molar-refractivity contribution in [3.63, 3.8) is 0 Å². The fraction of sp³-hybridized carbons (Fsp3) is 0.150. The molecule has 26 heavy (non-hydrogen) atoms. The van der Waals surface area contributed by atoms with Gasteiger partial charge in [-0.2, -0.15) is 0 Å². The summed E-state index contributed by atoms with van der Waals surface area (Å²) in [6.45, 7) is 1.85. The molecule has 1 N–H and O–H groups in total. The van der Waals surface area contributed by atoms with Crippen molar-refractivity contribution in [2.45, 2.75) is 19.6 Å². The Morgan fingerprint density at radius 3 is 2.38 bits per heavy atom. The molecule has 0 amide bonds. The lowest BCUT2D eigenvalue weighted by molar-refractivity contribution is 0.395. The number of hydrogen-bond donors (Lipinski definition) is 1. The Kier molecular flexibility index (Phi) is 6.56. The second kappa shape index (κ2) is 9.08. The van der Waals surface area contributed by atoms with Crippen molar-refractivity contribution in [3.05, 3.63) is 93.9 Å². The molecule has 1 aromatic heterocycles. The van der Waals surface area contributed by atoms with Crippen molar-refractivity contribution in [1.29, 1.82) is 0 Å². The van der Waals surface area contributed by atoms with Gasteiger partial charge in [-0.3, -0.25) is 0 Å². The minimum absolute atomic E-state index is 0.540. The number of halogens is 2. The highest BCUT2D eigenvalue weighted by Crippen LogP contribution is 2.23. The summed E-state index contributed by atoms with van der Waals surface area (Å²) in [5.74, 6) is 0.835. The predicted molar refractivity (Wildman–Crippen MR) is 110 cm³/mol. The lowest BCUT2D eigenvalue weighted by atomic mass is 10.2. The molecule has 0 aliphatic carbocycles. The molecule has 0 aliphatic heterocycles. The molecule has 0 spiro atoms. The molecule has 2 aromatic carbocycles. The van der Waals surface area contributed by atoms with Crippen LogP contribution in [0.25, 0.3) is 0 Å². The molecule has 3 nitrogen and oxygen atoms in total. The quantitative estimate of drug-likeness (QED) is 0.536. The third-order valence-electron chi connectivity index (χ3n) is 3.85. The Morgan fingerprint density at radius 1 is 0.923 bits per heavy atom. The minimum Gasteiger partial charge on any atom is -0.467 e. The molecule has 0 atom stereocenters. The van der Waals surface area contributed by atoms with Gasteiger partial charge in [-0.25, -0.2) is 0 Å². The molecule has 6 heteroatoms. The van der Waals surface area contributed by atoms with Crippen LogP contribution in [0.15, 0.2) is 71.3 Å². The first-order valence-electron chi connectivity index (χ1n) is 8.15. The largest absolute Gasteiger partial charge is 0.467 e. The van der Waals surface area contributed by atoms with Gasteiger partial charge in [-0.15, -0.1) is 0 Å². The summed E-state index contributed by atoms with van der Waals surface area (Å²) in [6.07, 6.45) is 1.65. The van der Waals surface area contributed by atoms with Crippen LogP contribution in [-0.4, -0.2) is 10.0 Å². The van der Waals surface area contributed by atoms with Crippen LogP contribution in [-0.2, 0) is 19.6 Å². The molecule has 0 aliphatic rings. The van der Waals surface area contributed by atoms with Gasteiger partial charge >= 0.3 is 0 Å². The zero-order valence-electron chi connectivity index (χ0n) is 14.0. The van der Waals surface area contributed by atoms with E-state index in [2.05, 4.69) is 22.3 Å². The molecule has 0 unspecified atom stereocenters.